The molecule has 20 heavy (non-hydrogen) atoms. The van der Waals surface area contributed by atoms with Gasteiger partial charge in [-0.05, 0) is 18.6 Å². The van der Waals surface area contributed by atoms with E-state index >= 15 is 0 Å². The van der Waals surface area contributed by atoms with E-state index in [-0.39, 0.29) is 12.5 Å². The second-order valence-corrected chi connectivity index (χ2v) is 4.69. The number of benzene rings is 1. The highest BCUT2D eigenvalue weighted by molar-refractivity contribution is 5.97. The highest BCUT2D eigenvalue weighted by Crippen LogP contribution is 2.20. The number of carbonyl (C=O) groups excluding carboxylic acids is 1. The van der Waals surface area contributed by atoms with E-state index in [1.54, 1.807) is 36.1 Å². The van der Waals surface area contributed by atoms with E-state index in [2.05, 4.69) is 0 Å². The normalized spacial score (nSPS) is 11.8. The Hall–Kier alpha value is -2.04. The van der Waals surface area contributed by atoms with Crippen molar-refractivity contribution in [2.24, 2.45) is 5.92 Å². The van der Waals surface area contributed by atoms with Gasteiger partial charge in [-0.25, -0.2) is 0 Å². The number of carbonyl (C=O) groups is 2. The van der Waals surface area contributed by atoms with Crippen LogP contribution in [0.2, 0.25) is 0 Å². The van der Waals surface area contributed by atoms with E-state index in [1.807, 2.05) is 6.92 Å². The van der Waals surface area contributed by atoms with Crippen LogP contribution in [0.1, 0.15) is 30.6 Å². The highest BCUT2D eigenvalue weighted by atomic mass is 16.5. The van der Waals surface area contributed by atoms with Crippen molar-refractivity contribution in [2.45, 2.75) is 20.3 Å². The number of hydrogen-bond donors (Lipinski definition) is 1. The van der Waals surface area contributed by atoms with Crippen molar-refractivity contribution in [1.29, 1.82) is 0 Å². The lowest BCUT2D eigenvalue weighted by atomic mass is 10.1. The molecule has 0 saturated carbocycles. The van der Waals surface area contributed by atoms with Crippen LogP contribution >= 0.6 is 0 Å². The predicted molar refractivity (Wildman–Crippen MR) is 76.0 cm³/mol. The van der Waals surface area contributed by atoms with E-state index < -0.39 is 11.9 Å². The van der Waals surface area contributed by atoms with Gasteiger partial charge in [0.2, 0.25) is 0 Å². The lowest BCUT2D eigenvalue weighted by molar-refractivity contribution is -0.141. The minimum absolute atomic E-state index is 0.194. The monoisotopic (exact) mass is 279 g/mol. The molecule has 0 aliphatic carbocycles. The zero-order valence-electron chi connectivity index (χ0n) is 12.1. The quantitative estimate of drug-likeness (QED) is 0.831. The Kier molecular flexibility index (Phi) is 6.03. The number of para-hydroxylation sites is 1. The van der Waals surface area contributed by atoms with Gasteiger partial charge in [0.1, 0.15) is 5.75 Å². The molecule has 0 saturated heterocycles. The molecule has 0 heterocycles. The third-order valence-corrected chi connectivity index (χ3v) is 3.03. The summed E-state index contributed by atoms with van der Waals surface area (Å²) in [5, 5.41) is 8.99. The van der Waals surface area contributed by atoms with Crippen molar-refractivity contribution in [2.75, 3.05) is 20.2 Å². The molecule has 1 atom stereocenters. The van der Waals surface area contributed by atoms with E-state index in [9.17, 15) is 9.59 Å². The van der Waals surface area contributed by atoms with Crippen LogP contribution in [0.25, 0.3) is 0 Å². The van der Waals surface area contributed by atoms with Crippen LogP contribution in [0.15, 0.2) is 24.3 Å². The van der Waals surface area contributed by atoms with E-state index in [0.29, 0.717) is 17.9 Å². The molecule has 5 heteroatoms. The maximum Gasteiger partial charge on any atom is 0.308 e. The fourth-order valence-electron chi connectivity index (χ4n) is 1.95. The number of hydrogen-bond acceptors (Lipinski definition) is 3. The minimum Gasteiger partial charge on any atom is -0.496 e. The second kappa shape index (κ2) is 7.53. The summed E-state index contributed by atoms with van der Waals surface area (Å²) in [5.74, 6) is -1.20. The summed E-state index contributed by atoms with van der Waals surface area (Å²) in [6.45, 7) is 4.27. The lowest BCUT2D eigenvalue weighted by Crippen LogP contribution is -2.37. The lowest BCUT2D eigenvalue weighted by Gasteiger charge is -2.24. The number of methoxy groups -OCH3 is 1. The zero-order valence-corrected chi connectivity index (χ0v) is 12.1. The van der Waals surface area contributed by atoms with Gasteiger partial charge in [-0.2, -0.15) is 0 Å². The highest BCUT2D eigenvalue weighted by Gasteiger charge is 2.22. The molecule has 1 amide bonds. The Morgan fingerprint density at radius 1 is 1.35 bits per heavy atom. The topological polar surface area (TPSA) is 66.8 Å². The predicted octanol–water partition coefficient (Wildman–Crippen LogP) is 2.27. The Bertz CT molecular complexity index is 473. The standard InChI is InChI=1S/C15H21NO4/c1-4-9-16(10-11(2)15(18)19)14(17)12-7-5-6-8-13(12)20-3/h5-8,11H,4,9-10H2,1-3H3,(H,18,19). The molecular weight excluding hydrogens is 258 g/mol. The maximum atomic E-state index is 12.5. The number of amides is 1. The number of ether oxygens (including phenoxy) is 1. The third kappa shape index (κ3) is 3.98. The summed E-state index contributed by atoms with van der Waals surface area (Å²) in [4.78, 5) is 25.1. The Balaban J connectivity index is 2.96. The van der Waals surface area contributed by atoms with Crippen LogP contribution in [0.5, 0.6) is 5.75 Å². The third-order valence-electron chi connectivity index (χ3n) is 3.03. The summed E-state index contributed by atoms with van der Waals surface area (Å²) >= 11 is 0. The van der Waals surface area contributed by atoms with Crippen LogP contribution in [-0.2, 0) is 4.79 Å². The molecule has 1 rings (SSSR count). The first-order chi connectivity index (χ1) is 9.51. The summed E-state index contributed by atoms with van der Waals surface area (Å²) in [6.07, 6.45) is 0.771. The van der Waals surface area contributed by atoms with Gasteiger partial charge in [0, 0.05) is 13.1 Å². The average molecular weight is 279 g/mol. The number of carboxylic acid groups (broad SMARTS) is 1. The summed E-state index contributed by atoms with van der Waals surface area (Å²) in [7, 11) is 1.51. The van der Waals surface area contributed by atoms with Crippen LogP contribution in [-0.4, -0.2) is 42.1 Å². The molecule has 110 valence electrons. The average Bonchev–Trinajstić information content (AvgIpc) is 2.45. The first-order valence-corrected chi connectivity index (χ1v) is 6.66. The van der Waals surface area contributed by atoms with Gasteiger partial charge in [0.05, 0.1) is 18.6 Å². The van der Waals surface area contributed by atoms with Gasteiger partial charge in [0.25, 0.3) is 5.91 Å². The molecule has 0 aromatic heterocycles. The molecule has 0 aliphatic rings. The van der Waals surface area contributed by atoms with Crippen molar-refractivity contribution in [3.63, 3.8) is 0 Å². The second-order valence-electron chi connectivity index (χ2n) is 4.69. The Labute approximate surface area is 119 Å². The minimum atomic E-state index is -0.904. The van der Waals surface area contributed by atoms with Gasteiger partial charge in [0.15, 0.2) is 0 Å². The molecule has 0 radical (unpaired) electrons. The van der Waals surface area contributed by atoms with Gasteiger partial charge < -0.3 is 14.7 Å². The molecule has 0 aliphatic heterocycles. The van der Waals surface area contributed by atoms with Gasteiger partial charge in [-0.15, -0.1) is 0 Å². The van der Waals surface area contributed by atoms with Crippen molar-refractivity contribution in [1.82, 2.24) is 4.90 Å². The molecule has 1 unspecified atom stereocenters. The van der Waals surface area contributed by atoms with Crippen molar-refractivity contribution >= 4 is 11.9 Å². The number of aliphatic carboxylic acids is 1. The fourth-order valence-corrected chi connectivity index (χ4v) is 1.95. The van der Waals surface area contributed by atoms with E-state index in [4.69, 9.17) is 9.84 Å². The largest absolute Gasteiger partial charge is 0.496 e. The van der Waals surface area contributed by atoms with Crippen LogP contribution in [0, 0.1) is 5.92 Å². The SMILES string of the molecule is CCCN(CC(C)C(=O)O)C(=O)c1ccccc1OC. The number of rotatable bonds is 7. The zero-order chi connectivity index (χ0) is 15.1. The molecule has 1 N–H and O–H groups in total. The summed E-state index contributed by atoms with van der Waals surface area (Å²) in [5.41, 5.74) is 0.459. The maximum absolute atomic E-state index is 12.5. The van der Waals surface area contributed by atoms with Gasteiger partial charge in [-0.3, -0.25) is 9.59 Å². The van der Waals surface area contributed by atoms with Crippen LogP contribution < -0.4 is 4.74 Å². The first kappa shape index (κ1) is 16.0. The molecule has 5 nitrogen and oxygen atoms in total. The van der Waals surface area contributed by atoms with Crippen molar-refractivity contribution in [3.8, 4) is 5.75 Å². The smallest absolute Gasteiger partial charge is 0.308 e. The Morgan fingerprint density at radius 2 is 2.00 bits per heavy atom. The van der Waals surface area contributed by atoms with E-state index in [0.717, 1.165) is 6.42 Å². The van der Waals surface area contributed by atoms with Gasteiger partial charge in [-0.1, -0.05) is 26.0 Å². The van der Waals surface area contributed by atoms with Crippen molar-refractivity contribution in [3.05, 3.63) is 29.8 Å². The molecule has 0 bridgehead atoms. The summed E-state index contributed by atoms with van der Waals surface area (Å²) < 4.78 is 5.18. The molecular formula is C15H21NO4. The molecule has 1 aromatic carbocycles. The molecule has 0 fully saturated rings. The van der Waals surface area contributed by atoms with Crippen LogP contribution in [0.3, 0.4) is 0 Å². The fraction of sp³-hybridized carbons (Fsp3) is 0.467. The van der Waals surface area contributed by atoms with Gasteiger partial charge >= 0.3 is 5.97 Å². The molecule has 0 spiro atoms. The molecule has 1 aromatic rings. The Morgan fingerprint density at radius 3 is 2.55 bits per heavy atom. The van der Waals surface area contributed by atoms with Crippen molar-refractivity contribution < 1.29 is 19.4 Å². The number of carboxylic acids is 1. The van der Waals surface area contributed by atoms with E-state index in [1.165, 1.54) is 7.11 Å². The van der Waals surface area contributed by atoms with Crippen LogP contribution in [0.4, 0.5) is 0 Å². The first-order valence-electron chi connectivity index (χ1n) is 6.66. The summed E-state index contributed by atoms with van der Waals surface area (Å²) in [6, 6.07) is 6.97. The number of nitrogens with zero attached hydrogens (tertiary/aromatic N) is 1.